The van der Waals surface area contributed by atoms with E-state index < -0.39 is 0 Å². The molecule has 0 unspecified atom stereocenters. The number of hydrogen-bond acceptors (Lipinski definition) is 2. The molecule has 0 radical (unpaired) electrons. The number of nitrogens with zero attached hydrogens (tertiary/aromatic N) is 1. The lowest BCUT2D eigenvalue weighted by molar-refractivity contribution is -0.127. The first-order valence-corrected chi connectivity index (χ1v) is 10.7. The number of piperidine rings is 1. The molecule has 2 aromatic carbocycles. The predicted molar refractivity (Wildman–Crippen MR) is 117 cm³/mol. The average Bonchev–Trinajstić information content (AvgIpc) is 2.70. The average molecular weight is 399 g/mol. The largest absolute Gasteiger partial charge is 0.349 e. The van der Waals surface area contributed by atoms with Gasteiger partial charge in [0.25, 0.3) is 0 Å². The van der Waals surface area contributed by atoms with Crippen molar-refractivity contribution >= 4 is 17.5 Å². The van der Waals surface area contributed by atoms with Crippen LogP contribution >= 0.6 is 11.6 Å². The van der Waals surface area contributed by atoms with E-state index in [4.69, 9.17) is 11.6 Å². The van der Waals surface area contributed by atoms with Crippen molar-refractivity contribution in [3.05, 3.63) is 69.7 Å². The van der Waals surface area contributed by atoms with Gasteiger partial charge in [0.15, 0.2) is 0 Å². The highest BCUT2D eigenvalue weighted by atomic mass is 35.5. The van der Waals surface area contributed by atoms with Crippen molar-refractivity contribution in [3.8, 4) is 0 Å². The summed E-state index contributed by atoms with van der Waals surface area (Å²) in [5.41, 5.74) is 4.88. The van der Waals surface area contributed by atoms with Crippen LogP contribution in [-0.4, -0.2) is 23.9 Å². The van der Waals surface area contributed by atoms with Gasteiger partial charge < -0.3 is 5.32 Å². The highest BCUT2D eigenvalue weighted by Gasteiger charge is 2.27. The predicted octanol–water partition coefficient (Wildman–Crippen LogP) is 5.44. The van der Waals surface area contributed by atoms with Crippen molar-refractivity contribution < 1.29 is 4.79 Å². The summed E-state index contributed by atoms with van der Waals surface area (Å²) < 4.78 is 0. The zero-order valence-corrected chi connectivity index (χ0v) is 17.9. The molecule has 3 rings (SSSR count). The van der Waals surface area contributed by atoms with Crippen LogP contribution in [0.25, 0.3) is 0 Å². The zero-order chi connectivity index (χ0) is 20.1. The minimum Gasteiger partial charge on any atom is -0.349 e. The lowest BCUT2D eigenvalue weighted by Crippen LogP contribution is -2.43. The Morgan fingerprint density at radius 3 is 2.71 bits per heavy atom. The Hall–Kier alpha value is -1.84. The first-order valence-electron chi connectivity index (χ1n) is 10.3. The molecule has 2 aromatic rings. The smallest absolute Gasteiger partial charge is 0.224 e. The summed E-state index contributed by atoms with van der Waals surface area (Å²) >= 11 is 6.32. The van der Waals surface area contributed by atoms with E-state index in [9.17, 15) is 4.79 Å². The van der Waals surface area contributed by atoms with E-state index in [2.05, 4.69) is 55.3 Å². The van der Waals surface area contributed by atoms with Gasteiger partial charge in [-0.15, -0.1) is 0 Å². The van der Waals surface area contributed by atoms with Crippen LogP contribution in [0.3, 0.4) is 0 Å². The van der Waals surface area contributed by atoms with Crippen molar-refractivity contribution in [2.45, 2.75) is 52.6 Å². The molecule has 150 valence electrons. The van der Waals surface area contributed by atoms with Crippen molar-refractivity contribution in [1.29, 1.82) is 0 Å². The summed E-state index contributed by atoms with van der Waals surface area (Å²) in [4.78, 5) is 15.3. The minimum atomic E-state index is 0.0387. The normalized spacial score (nSPS) is 18.6. The number of nitrogens with one attached hydrogen (secondary N) is 1. The number of hydrogen-bond donors (Lipinski definition) is 1. The topological polar surface area (TPSA) is 32.3 Å². The Bertz CT molecular complexity index is 820. The minimum absolute atomic E-state index is 0.0387. The molecule has 1 fully saturated rings. The highest BCUT2D eigenvalue weighted by molar-refractivity contribution is 6.31. The van der Waals surface area contributed by atoms with E-state index in [1.807, 2.05) is 18.2 Å². The van der Waals surface area contributed by atoms with E-state index in [1.165, 1.54) is 16.7 Å². The fourth-order valence-electron chi connectivity index (χ4n) is 3.97. The quantitative estimate of drug-likeness (QED) is 0.702. The second-order valence-electron chi connectivity index (χ2n) is 7.98. The molecule has 0 aromatic heterocycles. The van der Waals surface area contributed by atoms with E-state index in [1.54, 1.807) is 0 Å². The number of carbonyl (C=O) groups is 1. The van der Waals surface area contributed by atoms with Crippen LogP contribution in [0.15, 0.2) is 42.5 Å². The lowest BCUT2D eigenvalue weighted by atomic mass is 9.94. The number of benzene rings is 2. The van der Waals surface area contributed by atoms with Crippen LogP contribution in [0, 0.1) is 19.8 Å². The van der Waals surface area contributed by atoms with Gasteiger partial charge in [0.1, 0.15) is 0 Å². The van der Waals surface area contributed by atoms with Crippen LogP contribution in [0.2, 0.25) is 5.02 Å². The molecule has 4 heteroatoms. The standard InChI is InChI=1S/C24H31ClN2O/c1-4-23(19-12-11-17(2)18(3)14-19)26-24(28)21-9-7-13-27(16-21)15-20-8-5-6-10-22(20)25/h5-6,8,10-12,14,21,23H,4,7,9,13,15-16H2,1-3H3,(H,26,28)/t21-,23-/m1/s1. The third-order valence-corrected chi connectivity index (χ3v) is 6.25. The SMILES string of the molecule is CC[C@@H](NC(=O)[C@@H]1CCCN(Cc2ccccc2Cl)C1)c1ccc(C)c(C)c1. The Kier molecular flexibility index (Phi) is 7.14. The first-order chi connectivity index (χ1) is 13.5. The molecule has 1 N–H and O–H groups in total. The van der Waals surface area contributed by atoms with Gasteiger partial charge in [-0.1, -0.05) is 54.9 Å². The molecule has 0 saturated carbocycles. The Balaban J connectivity index is 1.62. The molecular formula is C24H31ClN2O. The maximum atomic E-state index is 13.0. The van der Waals surface area contributed by atoms with Gasteiger partial charge in [0.2, 0.25) is 5.91 Å². The van der Waals surface area contributed by atoms with Crippen molar-refractivity contribution in [2.75, 3.05) is 13.1 Å². The van der Waals surface area contributed by atoms with Crippen molar-refractivity contribution in [3.63, 3.8) is 0 Å². The third-order valence-electron chi connectivity index (χ3n) is 5.89. The first kappa shape index (κ1) is 20.9. The van der Waals surface area contributed by atoms with E-state index in [0.717, 1.165) is 49.5 Å². The van der Waals surface area contributed by atoms with Crippen LogP contribution in [0.4, 0.5) is 0 Å². The van der Waals surface area contributed by atoms with Gasteiger partial charge in [-0.3, -0.25) is 9.69 Å². The molecule has 1 saturated heterocycles. The van der Waals surface area contributed by atoms with Crippen LogP contribution in [-0.2, 0) is 11.3 Å². The summed E-state index contributed by atoms with van der Waals surface area (Å²) in [5.74, 6) is 0.214. The van der Waals surface area contributed by atoms with E-state index in [0.29, 0.717) is 0 Å². The highest BCUT2D eigenvalue weighted by Crippen LogP contribution is 2.24. The summed E-state index contributed by atoms with van der Waals surface area (Å²) in [5, 5.41) is 4.10. The second-order valence-corrected chi connectivity index (χ2v) is 8.39. The fourth-order valence-corrected chi connectivity index (χ4v) is 4.17. The van der Waals surface area contributed by atoms with Gasteiger partial charge >= 0.3 is 0 Å². The van der Waals surface area contributed by atoms with Crippen molar-refractivity contribution in [2.24, 2.45) is 5.92 Å². The number of carbonyl (C=O) groups excluding carboxylic acids is 1. The molecule has 0 bridgehead atoms. The summed E-state index contributed by atoms with van der Waals surface area (Å²) in [7, 11) is 0. The molecule has 2 atom stereocenters. The van der Waals surface area contributed by atoms with Crippen molar-refractivity contribution in [1.82, 2.24) is 10.2 Å². The maximum Gasteiger partial charge on any atom is 0.224 e. The number of aryl methyl sites for hydroxylation is 2. The Labute approximate surface area is 174 Å². The van der Waals surface area contributed by atoms with Gasteiger partial charge in [0.05, 0.1) is 12.0 Å². The molecule has 3 nitrogen and oxygen atoms in total. The van der Waals surface area contributed by atoms with Gasteiger partial charge in [-0.05, 0) is 68.0 Å². The monoisotopic (exact) mass is 398 g/mol. The summed E-state index contributed by atoms with van der Waals surface area (Å²) in [6.45, 7) is 8.99. The molecule has 1 aliphatic rings. The second kappa shape index (κ2) is 9.58. The molecular weight excluding hydrogens is 368 g/mol. The number of amides is 1. The van der Waals surface area contributed by atoms with Gasteiger partial charge in [-0.2, -0.15) is 0 Å². The molecule has 1 amide bonds. The Morgan fingerprint density at radius 2 is 2.00 bits per heavy atom. The van der Waals surface area contributed by atoms with Crippen LogP contribution < -0.4 is 5.32 Å². The van der Waals surface area contributed by atoms with Gasteiger partial charge in [0, 0.05) is 18.1 Å². The molecule has 28 heavy (non-hydrogen) atoms. The van der Waals surface area contributed by atoms with E-state index >= 15 is 0 Å². The summed E-state index contributed by atoms with van der Waals surface area (Å²) in [6, 6.07) is 14.5. The molecule has 0 aliphatic carbocycles. The zero-order valence-electron chi connectivity index (χ0n) is 17.2. The number of likely N-dealkylation sites (tertiary alicyclic amines) is 1. The number of halogens is 1. The third kappa shape index (κ3) is 5.15. The molecule has 1 heterocycles. The van der Waals surface area contributed by atoms with Gasteiger partial charge in [-0.25, -0.2) is 0 Å². The summed E-state index contributed by atoms with van der Waals surface area (Å²) in [6.07, 6.45) is 2.89. The fraction of sp³-hybridized carbons (Fsp3) is 0.458. The van der Waals surface area contributed by atoms with E-state index in [-0.39, 0.29) is 17.9 Å². The Morgan fingerprint density at radius 1 is 1.21 bits per heavy atom. The maximum absolute atomic E-state index is 13.0. The number of rotatable bonds is 6. The molecule has 1 aliphatic heterocycles. The molecule has 0 spiro atoms. The van der Waals surface area contributed by atoms with Crippen LogP contribution in [0.5, 0.6) is 0 Å². The lowest BCUT2D eigenvalue weighted by Gasteiger charge is -2.33. The van der Waals surface area contributed by atoms with Crippen LogP contribution in [0.1, 0.15) is 54.5 Å².